The van der Waals surface area contributed by atoms with Crippen molar-refractivity contribution in [1.29, 1.82) is 0 Å². The summed E-state index contributed by atoms with van der Waals surface area (Å²) < 4.78 is 75.6. The Morgan fingerprint density at radius 2 is 1.57 bits per heavy atom. The van der Waals surface area contributed by atoms with E-state index in [1.165, 1.54) is 0 Å². The van der Waals surface area contributed by atoms with Crippen LogP contribution in [-0.4, -0.2) is 47.0 Å². The molecule has 0 aliphatic carbocycles. The van der Waals surface area contributed by atoms with Crippen LogP contribution in [0.3, 0.4) is 0 Å². The highest BCUT2D eigenvalue weighted by Gasteiger charge is 2.53. The molecule has 12 heteroatoms. The molecule has 1 aliphatic rings. The van der Waals surface area contributed by atoms with E-state index in [2.05, 4.69) is 4.74 Å². The van der Waals surface area contributed by atoms with Crippen molar-refractivity contribution in [3.05, 3.63) is 0 Å². The normalized spacial score (nSPS) is 19.6. The number of halogens is 6. The Kier molecular flexibility index (Phi) is 4.29. The largest absolute Gasteiger partial charge is 0.491 e. The lowest BCUT2D eigenvalue weighted by Crippen LogP contribution is -2.50. The number of ether oxygens (including phenoxy) is 1. The van der Waals surface area contributed by atoms with Gasteiger partial charge in [-0.15, -0.1) is 0 Å². The summed E-state index contributed by atoms with van der Waals surface area (Å²) in [4.78, 5) is 43.2. The van der Waals surface area contributed by atoms with E-state index in [4.69, 9.17) is 0 Å². The number of likely N-dealkylation sites (tertiary alicyclic amines) is 1. The lowest BCUT2D eigenvalue weighted by molar-refractivity contribution is -0.205. The maximum Gasteiger partial charge on any atom is 0.491 e. The molecule has 0 radical (unpaired) electrons. The summed E-state index contributed by atoms with van der Waals surface area (Å²) >= 11 is 0. The smallest absolute Gasteiger partial charge is 0.385 e. The molecule has 1 fully saturated rings. The Bertz CT molecular complexity index is 496. The quantitative estimate of drug-likeness (QED) is 0.403. The molecule has 0 spiro atoms. The van der Waals surface area contributed by atoms with Crippen molar-refractivity contribution >= 4 is 23.8 Å². The van der Waals surface area contributed by atoms with Crippen molar-refractivity contribution in [3.8, 4) is 0 Å². The molecule has 0 saturated carbocycles. The summed E-state index contributed by atoms with van der Waals surface area (Å²) in [6.45, 7) is 0. The van der Waals surface area contributed by atoms with Crippen molar-refractivity contribution in [2.75, 3.05) is 0 Å². The number of rotatable bonds is 1. The zero-order valence-electron chi connectivity index (χ0n) is 9.75. The number of nitrogens with zero attached hydrogens (tertiary/aromatic N) is 1. The molecule has 0 aromatic rings. The highest BCUT2D eigenvalue weighted by molar-refractivity contribution is 6.05. The van der Waals surface area contributed by atoms with Crippen LogP contribution in [0.2, 0.25) is 0 Å². The number of esters is 2. The maximum atomic E-state index is 12.2. The first-order valence-electron chi connectivity index (χ1n) is 5.11. The van der Waals surface area contributed by atoms with Crippen LogP contribution in [0.4, 0.5) is 26.3 Å². The van der Waals surface area contributed by atoms with Gasteiger partial charge in [-0.3, -0.25) is 14.5 Å². The van der Waals surface area contributed by atoms with E-state index < -0.39 is 59.9 Å². The molecular weight excluding hydrogens is 316 g/mol. The Hall–Kier alpha value is -2.14. The second kappa shape index (κ2) is 5.33. The highest BCUT2D eigenvalue weighted by atomic mass is 19.4. The zero-order valence-corrected chi connectivity index (χ0v) is 9.75. The first kappa shape index (κ1) is 16.9. The molecule has 1 rings (SSSR count). The molecule has 0 aromatic heterocycles. The van der Waals surface area contributed by atoms with E-state index in [0.29, 0.717) is 0 Å². The minimum absolute atomic E-state index is 0.550. The van der Waals surface area contributed by atoms with Gasteiger partial charge in [0.05, 0.1) is 0 Å². The molecule has 1 unspecified atom stereocenters. The third-order valence-electron chi connectivity index (χ3n) is 2.37. The first-order chi connectivity index (χ1) is 9.35. The second-order valence-electron chi connectivity index (χ2n) is 3.83. The summed E-state index contributed by atoms with van der Waals surface area (Å²) in [6.07, 6.45) is -12.4. The van der Waals surface area contributed by atoms with E-state index in [1.807, 2.05) is 0 Å². The SMILES string of the molecule is O=C(OC(=O)C(F)(F)F)C1CCC(=O)N1C(=O)C(F)(F)F. The Balaban J connectivity index is 2.91. The molecule has 1 aliphatic heterocycles. The average molecular weight is 321 g/mol. The van der Waals surface area contributed by atoms with Crippen LogP contribution in [0.15, 0.2) is 0 Å². The minimum Gasteiger partial charge on any atom is -0.385 e. The van der Waals surface area contributed by atoms with Crippen LogP contribution in [0.1, 0.15) is 12.8 Å². The van der Waals surface area contributed by atoms with Crippen LogP contribution in [0.5, 0.6) is 0 Å². The molecule has 2 amide bonds. The number of hydrogen-bond acceptors (Lipinski definition) is 5. The predicted molar refractivity (Wildman–Crippen MR) is 48.1 cm³/mol. The number of amides is 2. The monoisotopic (exact) mass is 321 g/mol. The van der Waals surface area contributed by atoms with Crippen molar-refractivity contribution in [3.63, 3.8) is 0 Å². The molecule has 21 heavy (non-hydrogen) atoms. The van der Waals surface area contributed by atoms with Gasteiger partial charge in [0.2, 0.25) is 5.91 Å². The zero-order chi connectivity index (χ0) is 16.6. The van der Waals surface area contributed by atoms with Gasteiger partial charge in [0.15, 0.2) is 0 Å². The van der Waals surface area contributed by atoms with Crippen LogP contribution in [0.25, 0.3) is 0 Å². The molecular formula is C9H5F6NO5. The molecule has 1 heterocycles. The van der Waals surface area contributed by atoms with E-state index in [0.717, 1.165) is 0 Å². The van der Waals surface area contributed by atoms with Gasteiger partial charge in [0.25, 0.3) is 0 Å². The molecule has 6 nitrogen and oxygen atoms in total. The average Bonchev–Trinajstić information content (AvgIpc) is 2.67. The molecule has 0 bridgehead atoms. The molecule has 1 saturated heterocycles. The van der Waals surface area contributed by atoms with Crippen LogP contribution >= 0.6 is 0 Å². The Morgan fingerprint density at radius 1 is 1.05 bits per heavy atom. The van der Waals surface area contributed by atoms with Gasteiger partial charge in [-0.25, -0.2) is 9.59 Å². The van der Waals surface area contributed by atoms with E-state index in [9.17, 15) is 45.5 Å². The summed E-state index contributed by atoms with van der Waals surface area (Å²) in [5.41, 5.74) is 0. The third kappa shape index (κ3) is 3.70. The first-order valence-corrected chi connectivity index (χ1v) is 5.11. The predicted octanol–water partition coefficient (Wildman–Crippen LogP) is 0.698. The van der Waals surface area contributed by atoms with Gasteiger partial charge in [-0.2, -0.15) is 26.3 Å². The Morgan fingerprint density at radius 3 is 2.00 bits per heavy atom. The van der Waals surface area contributed by atoms with Gasteiger partial charge in [0, 0.05) is 6.42 Å². The van der Waals surface area contributed by atoms with Crippen molar-refractivity contribution in [1.82, 2.24) is 4.90 Å². The number of imide groups is 1. The molecule has 0 N–H and O–H groups in total. The van der Waals surface area contributed by atoms with Crippen LogP contribution < -0.4 is 0 Å². The molecule has 0 aromatic carbocycles. The van der Waals surface area contributed by atoms with Crippen molar-refractivity contribution < 1.29 is 50.3 Å². The summed E-state index contributed by atoms with van der Waals surface area (Å²) in [7, 11) is 0. The van der Waals surface area contributed by atoms with E-state index in [1.54, 1.807) is 0 Å². The van der Waals surface area contributed by atoms with Gasteiger partial charge < -0.3 is 4.74 Å². The minimum atomic E-state index is -5.54. The fourth-order valence-electron chi connectivity index (χ4n) is 1.52. The summed E-state index contributed by atoms with van der Waals surface area (Å²) in [6, 6.07) is -2.22. The standard InChI is InChI=1S/C9H5F6NO5/c10-8(11,12)6(19)16-3(1-2-4(16)17)5(18)21-7(20)9(13,14)15/h3H,1-2H2. The third-order valence-corrected chi connectivity index (χ3v) is 2.37. The number of alkyl halides is 6. The van der Waals surface area contributed by atoms with Crippen LogP contribution in [-0.2, 0) is 23.9 Å². The van der Waals surface area contributed by atoms with Crippen LogP contribution in [0, 0.1) is 0 Å². The number of carbonyl (C=O) groups is 4. The van der Waals surface area contributed by atoms with Gasteiger partial charge in [0.1, 0.15) is 6.04 Å². The number of carbonyl (C=O) groups excluding carboxylic acids is 4. The summed E-state index contributed by atoms with van der Waals surface area (Å²) in [5, 5.41) is 0. The van der Waals surface area contributed by atoms with Crippen molar-refractivity contribution in [2.45, 2.75) is 31.2 Å². The number of hydrogen-bond donors (Lipinski definition) is 0. The summed E-state index contributed by atoms with van der Waals surface area (Å²) in [5.74, 6) is -9.13. The second-order valence-corrected chi connectivity index (χ2v) is 3.83. The van der Waals surface area contributed by atoms with Crippen molar-refractivity contribution in [2.24, 2.45) is 0 Å². The fraction of sp³-hybridized carbons (Fsp3) is 0.556. The maximum absolute atomic E-state index is 12.2. The lowest BCUT2D eigenvalue weighted by Gasteiger charge is -2.22. The topological polar surface area (TPSA) is 80.8 Å². The molecule has 1 atom stereocenters. The Labute approximate surface area is 111 Å². The lowest BCUT2D eigenvalue weighted by atomic mass is 10.2. The van der Waals surface area contributed by atoms with E-state index in [-0.39, 0.29) is 0 Å². The molecule has 118 valence electrons. The fourth-order valence-corrected chi connectivity index (χ4v) is 1.52. The van der Waals surface area contributed by atoms with Gasteiger partial charge in [-0.05, 0) is 6.42 Å². The van der Waals surface area contributed by atoms with Gasteiger partial charge >= 0.3 is 30.2 Å². The van der Waals surface area contributed by atoms with Gasteiger partial charge in [-0.1, -0.05) is 0 Å². The van der Waals surface area contributed by atoms with E-state index >= 15 is 0 Å². The highest BCUT2D eigenvalue weighted by Crippen LogP contribution is 2.28.